The number of hydrogen-bond donors (Lipinski definition) is 4. The van der Waals surface area contributed by atoms with Crippen LogP contribution in [0.15, 0.2) is 42.5 Å². The molecular weight excluding hydrogens is 536 g/mol. The number of carbonyl (C=O) groups excluding carboxylic acids is 4. The lowest BCUT2D eigenvalue weighted by Gasteiger charge is -2.37. The zero-order chi connectivity index (χ0) is 30.8. The predicted molar refractivity (Wildman–Crippen MR) is 162 cm³/mol. The van der Waals surface area contributed by atoms with Crippen molar-refractivity contribution in [3.8, 4) is 0 Å². The fraction of sp³-hybridized carbons (Fsp3) is 0.548. The minimum absolute atomic E-state index is 0.0825. The lowest BCUT2D eigenvalue weighted by Crippen LogP contribution is -2.59. The first kappa shape index (κ1) is 31.1. The molecule has 5 amide bonds. The molecule has 4 rings (SSSR count). The molecule has 0 spiro atoms. The lowest BCUT2D eigenvalue weighted by atomic mass is 9.85. The maximum absolute atomic E-state index is 14.1. The molecule has 0 bridgehead atoms. The van der Waals surface area contributed by atoms with Crippen molar-refractivity contribution in [3.05, 3.63) is 42.5 Å². The van der Waals surface area contributed by atoms with Gasteiger partial charge in [0.05, 0.1) is 24.7 Å². The second-order valence-corrected chi connectivity index (χ2v) is 12.6. The average molecular weight is 581 g/mol. The molecule has 0 radical (unpaired) electrons. The Hall–Kier alpha value is -3.86. The third kappa shape index (κ3) is 6.78. The molecule has 2 saturated heterocycles. The molecule has 5 atom stereocenters. The van der Waals surface area contributed by atoms with Gasteiger partial charge >= 0.3 is 12.1 Å². The summed E-state index contributed by atoms with van der Waals surface area (Å²) in [5, 5.41) is 13.6. The zero-order valence-corrected chi connectivity index (χ0v) is 25.6. The Morgan fingerprint density at radius 1 is 0.952 bits per heavy atom. The number of anilines is 1. The van der Waals surface area contributed by atoms with Crippen molar-refractivity contribution in [3.63, 3.8) is 0 Å². The molecule has 2 fully saturated rings. The number of fused-ring (bicyclic) bond motifs is 2. The van der Waals surface area contributed by atoms with Crippen LogP contribution in [0, 0.1) is 5.41 Å². The van der Waals surface area contributed by atoms with E-state index in [2.05, 4.69) is 21.3 Å². The fourth-order valence-electron chi connectivity index (χ4n) is 5.72. The summed E-state index contributed by atoms with van der Waals surface area (Å²) in [6.07, 6.45) is -0.887. The van der Waals surface area contributed by atoms with Gasteiger partial charge in [-0.2, -0.15) is 0 Å². The van der Waals surface area contributed by atoms with Gasteiger partial charge in [-0.1, -0.05) is 51.1 Å². The highest BCUT2D eigenvalue weighted by molar-refractivity contribution is 5.92. The summed E-state index contributed by atoms with van der Waals surface area (Å²) in [5.74, 6) is -0.547. The summed E-state index contributed by atoms with van der Waals surface area (Å²) in [6.45, 7) is 11.7. The van der Waals surface area contributed by atoms with E-state index < -0.39 is 35.7 Å². The molecule has 11 heteroatoms. The highest BCUT2D eigenvalue weighted by Crippen LogP contribution is 2.36. The number of urea groups is 1. The van der Waals surface area contributed by atoms with Crippen LogP contribution in [-0.4, -0.2) is 90.2 Å². The Balaban J connectivity index is 1.57. The smallest absolute Gasteiger partial charge is 0.412 e. The van der Waals surface area contributed by atoms with Crippen LogP contribution in [-0.2, 0) is 14.3 Å². The largest absolute Gasteiger partial charge is 0.442 e. The molecule has 2 aromatic rings. The highest BCUT2D eigenvalue weighted by atomic mass is 16.6. The zero-order valence-electron chi connectivity index (χ0n) is 25.6. The second kappa shape index (κ2) is 12.6. The average Bonchev–Trinajstić information content (AvgIpc) is 3.51. The molecule has 4 N–H and O–H groups in total. The van der Waals surface area contributed by atoms with Crippen LogP contribution >= 0.6 is 0 Å². The number of carbonyl (C=O) groups is 4. The van der Waals surface area contributed by atoms with Crippen molar-refractivity contribution in [2.75, 3.05) is 25.5 Å². The summed E-state index contributed by atoms with van der Waals surface area (Å²) in [7, 11) is 1.68. The lowest BCUT2D eigenvalue weighted by molar-refractivity contribution is -0.141. The van der Waals surface area contributed by atoms with Gasteiger partial charge in [0.15, 0.2) is 0 Å². The van der Waals surface area contributed by atoms with Gasteiger partial charge in [-0.05, 0) is 62.6 Å². The predicted octanol–water partition coefficient (Wildman–Crippen LogP) is 3.30. The van der Waals surface area contributed by atoms with Crippen molar-refractivity contribution in [2.45, 2.75) is 84.3 Å². The number of likely N-dealkylation sites (tertiary alicyclic amines) is 2. The van der Waals surface area contributed by atoms with Crippen molar-refractivity contribution >= 4 is 40.4 Å². The molecular formula is C31H44N6O5. The molecule has 2 heterocycles. The van der Waals surface area contributed by atoms with Crippen LogP contribution in [0.3, 0.4) is 0 Å². The molecule has 11 nitrogen and oxygen atoms in total. The van der Waals surface area contributed by atoms with E-state index in [4.69, 9.17) is 4.74 Å². The third-order valence-corrected chi connectivity index (χ3v) is 8.01. The minimum atomic E-state index is -0.815. The molecule has 2 aliphatic heterocycles. The van der Waals surface area contributed by atoms with Crippen molar-refractivity contribution < 1.29 is 23.9 Å². The van der Waals surface area contributed by atoms with Gasteiger partial charge in [0.2, 0.25) is 11.8 Å². The van der Waals surface area contributed by atoms with Gasteiger partial charge in [-0.15, -0.1) is 0 Å². The van der Waals surface area contributed by atoms with Gasteiger partial charge in [-0.25, -0.2) is 9.59 Å². The Morgan fingerprint density at radius 3 is 2.29 bits per heavy atom. The summed E-state index contributed by atoms with van der Waals surface area (Å²) in [6, 6.07) is 10.9. The molecule has 0 aliphatic carbocycles. The van der Waals surface area contributed by atoms with Crippen molar-refractivity contribution in [1.82, 2.24) is 25.8 Å². The first-order chi connectivity index (χ1) is 19.8. The molecule has 5 unspecified atom stereocenters. The standard InChI is InChI=1S/C31H44N6O5/c1-18(2)33-29(40)37-17-24(42-30(41)34-22-13-12-20-10-8-9-11-21(20)16-22)25-23(37)14-15-36(25)28(39)26(31(4,5)6)35-27(38)19(3)32-7/h8-13,16,18-19,23-26,32H,14-15,17H2,1-7H3,(H,33,40)(H,34,41)(H,35,38). The quantitative estimate of drug-likeness (QED) is 0.398. The number of nitrogens with zero attached hydrogens (tertiary/aromatic N) is 2. The summed E-state index contributed by atoms with van der Waals surface area (Å²) < 4.78 is 5.95. The number of hydrogen-bond acceptors (Lipinski definition) is 6. The van der Waals surface area contributed by atoms with Gasteiger partial charge in [0.1, 0.15) is 12.1 Å². The number of nitrogens with one attached hydrogen (secondary N) is 4. The van der Waals surface area contributed by atoms with Crippen LogP contribution in [0.5, 0.6) is 0 Å². The summed E-state index contributed by atoms with van der Waals surface area (Å²) in [4.78, 5) is 56.6. The van der Waals surface area contributed by atoms with E-state index in [0.29, 0.717) is 18.7 Å². The SMILES string of the molecule is CNC(C)C(=O)NC(C(=O)N1CCC2C1C(OC(=O)Nc1ccc3ccccc3c1)CN2C(=O)NC(C)C)C(C)(C)C. The van der Waals surface area contributed by atoms with Crippen molar-refractivity contribution in [1.29, 1.82) is 0 Å². The summed E-state index contributed by atoms with van der Waals surface area (Å²) >= 11 is 0. The Kier molecular flexibility index (Phi) is 9.30. The highest BCUT2D eigenvalue weighted by Gasteiger charge is 2.55. The normalized spacial score (nSPS) is 21.6. The fourth-order valence-corrected chi connectivity index (χ4v) is 5.72. The van der Waals surface area contributed by atoms with E-state index >= 15 is 0 Å². The number of rotatable bonds is 7. The van der Waals surface area contributed by atoms with Gasteiger partial charge in [0, 0.05) is 18.3 Å². The van der Waals surface area contributed by atoms with Crippen molar-refractivity contribution in [2.24, 2.45) is 5.41 Å². The van der Waals surface area contributed by atoms with Crippen LogP contribution in [0.4, 0.5) is 15.3 Å². The third-order valence-electron chi connectivity index (χ3n) is 8.01. The van der Waals surface area contributed by atoms with Gasteiger partial charge in [0.25, 0.3) is 0 Å². The molecule has 2 aromatic carbocycles. The van der Waals surface area contributed by atoms with E-state index in [0.717, 1.165) is 10.8 Å². The second-order valence-electron chi connectivity index (χ2n) is 12.6. The van der Waals surface area contributed by atoms with E-state index in [9.17, 15) is 19.2 Å². The Morgan fingerprint density at radius 2 is 1.64 bits per heavy atom. The maximum atomic E-state index is 14.1. The number of ether oxygens (including phenoxy) is 1. The molecule has 2 aliphatic rings. The molecule has 228 valence electrons. The number of benzene rings is 2. The molecule has 0 saturated carbocycles. The van der Waals surface area contributed by atoms with Crippen LogP contribution in [0.2, 0.25) is 0 Å². The Labute approximate surface area is 247 Å². The van der Waals surface area contributed by atoms with Crippen LogP contribution in [0.1, 0.15) is 48.0 Å². The molecule has 42 heavy (non-hydrogen) atoms. The number of amides is 5. The van der Waals surface area contributed by atoms with E-state index in [1.165, 1.54) is 0 Å². The van der Waals surface area contributed by atoms with Gasteiger partial charge in [-0.3, -0.25) is 14.9 Å². The Bertz CT molecular complexity index is 1320. The van der Waals surface area contributed by atoms with Gasteiger partial charge < -0.3 is 30.5 Å². The topological polar surface area (TPSA) is 132 Å². The van der Waals surface area contributed by atoms with Crippen LogP contribution in [0.25, 0.3) is 10.8 Å². The first-order valence-electron chi connectivity index (χ1n) is 14.6. The molecule has 0 aromatic heterocycles. The van der Waals surface area contributed by atoms with E-state index in [-0.39, 0.29) is 36.5 Å². The number of likely N-dealkylation sites (N-methyl/N-ethyl adjacent to an activating group) is 1. The van der Waals surface area contributed by atoms with E-state index in [1.807, 2.05) is 71.0 Å². The summed E-state index contributed by atoms with van der Waals surface area (Å²) in [5.41, 5.74) is -0.00810. The van der Waals surface area contributed by atoms with Crippen LogP contribution < -0.4 is 21.3 Å². The van der Waals surface area contributed by atoms with E-state index in [1.54, 1.807) is 29.8 Å². The maximum Gasteiger partial charge on any atom is 0.412 e. The minimum Gasteiger partial charge on any atom is -0.442 e. The monoisotopic (exact) mass is 580 g/mol. The first-order valence-corrected chi connectivity index (χ1v) is 14.6.